The van der Waals surface area contributed by atoms with E-state index in [0.717, 1.165) is 31.7 Å². The van der Waals surface area contributed by atoms with Crippen LogP contribution >= 0.6 is 0 Å². The van der Waals surface area contributed by atoms with Crippen LogP contribution in [-0.2, 0) is 9.47 Å². The number of likely N-dealkylation sites (N-methyl/N-ethyl adjacent to an activating group) is 1. The van der Waals surface area contributed by atoms with Crippen molar-refractivity contribution in [3.63, 3.8) is 0 Å². The predicted molar refractivity (Wildman–Crippen MR) is 79.1 cm³/mol. The summed E-state index contributed by atoms with van der Waals surface area (Å²) in [7, 11) is 3.35. The van der Waals surface area contributed by atoms with Gasteiger partial charge >= 0.3 is 5.97 Å². The summed E-state index contributed by atoms with van der Waals surface area (Å²) in [6, 6.07) is 5.24. The van der Waals surface area contributed by atoms with E-state index >= 15 is 0 Å². The Hall–Kier alpha value is -1.75. The molecule has 1 aromatic carbocycles. The van der Waals surface area contributed by atoms with E-state index in [1.807, 2.05) is 13.1 Å². The minimum atomic E-state index is -0.374. The number of benzene rings is 1. The highest BCUT2D eigenvalue weighted by Crippen LogP contribution is 2.25. The monoisotopic (exact) mass is 278 g/mol. The number of nitrogen functional groups attached to an aromatic ring is 1. The second kappa shape index (κ2) is 6.61. The lowest BCUT2D eigenvalue weighted by Gasteiger charge is -2.29. The Morgan fingerprint density at radius 3 is 2.90 bits per heavy atom. The average molecular weight is 278 g/mol. The second-order valence-corrected chi connectivity index (χ2v) is 5.13. The Balaban J connectivity index is 2.05. The molecule has 0 spiro atoms. The summed E-state index contributed by atoms with van der Waals surface area (Å²) in [6.45, 7) is 1.65. The van der Waals surface area contributed by atoms with Gasteiger partial charge in [-0.05, 0) is 37.5 Å². The molecule has 110 valence electrons. The summed E-state index contributed by atoms with van der Waals surface area (Å²) >= 11 is 0. The third-order valence-corrected chi connectivity index (χ3v) is 3.61. The van der Waals surface area contributed by atoms with Gasteiger partial charge in [-0.15, -0.1) is 0 Å². The van der Waals surface area contributed by atoms with Crippen molar-refractivity contribution >= 4 is 17.3 Å². The van der Waals surface area contributed by atoms with Gasteiger partial charge in [-0.2, -0.15) is 0 Å². The first-order valence-corrected chi connectivity index (χ1v) is 6.92. The van der Waals surface area contributed by atoms with E-state index in [0.29, 0.717) is 11.3 Å². The molecule has 1 unspecified atom stereocenters. The van der Waals surface area contributed by atoms with Crippen LogP contribution in [0.2, 0.25) is 0 Å². The molecule has 0 aromatic heterocycles. The summed E-state index contributed by atoms with van der Waals surface area (Å²) in [5, 5.41) is 0. The molecule has 2 N–H and O–H groups in total. The largest absolute Gasteiger partial charge is 0.465 e. The van der Waals surface area contributed by atoms with Gasteiger partial charge in [-0.3, -0.25) is 0 Å². The number of anilines is 2. The normalized spacial score (nSPS) is 18.6. The van der Waals surface area contributed by atoms with Crippen LogP contribution in [0.4, 0.5) is 11.4 Å². The fraction of sp³-hybridized carbons (Fsp3) is 0.533. The zero-order valence-electron chi connectivity index (χ0n) is 12.1. The standard InChI is InChI=1S/C15H22N2O3/c1-17(10-12-5-3-4-8-20-12)14-7-6-11(9-13(14)16)15(18)19-2/h6-7,9,12H,3-5,8,10,16H2,1-2H3. The Kier molecular flexibility index (Phi) is 4.84. The van der Waals surface area contributed by atoms with Gasteiger partial charge in [0.05, 0.1) is 30.2 Å². The molecule has 1 fully saturated rings. The highest BCUT2D eigenvalue weighted by molar-refractivity contribution is 5.91. The van der Waals surface area contributed by atoms with Crippen LogP contribution in [0.5, 0.6) is 0 Å². The quantitative estimate of drug-likeness (QED) is 0.674. The highest BCUT2D eigenvalue weighted by Gasteiger charge is 2.18. The highest BCUT2D eigenvalue weighted by atomic mass is 16.5. The number of rotatable bonds is 4. The van der Waals surface area contributed by atoms with Crippen LogP contribution in [0.3, 0.4) is 0 Å². The van der Waals surface area contributed by atoms with Gasteiger partial charge < -0.3 is 20.1 Å². The van der Waals surface area contributed by atoms with Crippen LogP contribution < -0.4 is 10.6 Å². The number of ether oxygens (including phenoxy) is 2. The van der Waals surface area contributed by atoms with Gasteiger partial charge in [0.2, 0.25) is 0 Å². The minimum Gasteiger partial charge on any atom is -0.465 e. The van der Waals surface area contributed by atoms with E-state index in [1.165, 1.54) is 13.5 Å². The number of methoxy groups -OCH3 is 1. The van der Waals surface area contributed by atoms with Crippen molar-refractivity contribution < 1.29 is 14.3 Å². The summed E-state index contributed by atoms with van der Waals surface area (Å²) in [4.78, 5) is 13.5. The maximum Gasteiger partial charge on any atom is 0.337 e. The molecule has 2 rings (SSSR count). The second-order valence-electron chi connectivity index (χ2n) is 5.13. The van der Waals surface area contributed by atoms with Crippen LogP contribution in [-0.4, -0.2) is 39.4 Å². The molecule has 0 aliphatic carbocycles. The van der Waals surface area contributed by atoms with Crippen molar-refractivity contribution in [2.75, 3.05) is 37.9 Å². The summed E-state index contributed by atoms with van der Waals surface area (Å²) < 4.78 is 10.4. The fourth-order valence-corrected chi connectivity index (χ4v) is 2.50. The predicted octanol–water partition coefficient (Wildman–Crippen LogP) is 2.06. The molecule has 20 heavy (non-hydrogen) atoms. The van der Waals surface area contributed by atoms with E-state index in [2.05, 4.69) is 9.64 Å². The third kappa shape index (κ3) is 3.42. The van der Waals surface area contributed by atoms with Crippen molar-refractivity contribution in [1.29, 1.82) is 0 Å². The first-order chi connectivity index (χ1) is 9.61. The third-order valence-electron chi connectivity index (χ3n) is 3.61. The van der Waals surface area contributed by atoms with Gasteiger partial charge in [0.15, 0.2) is 0 Å². The molecule has 0 amide bonds. The molecule has 5 nitrogen and oxygen atoms in total. The summed E-state index contributed by atoms with van der Waals surface area (Å²) in [5.41, 5.74) is 7.98. The van der Waals surface area contributed by atoms with Crippen molar-refractivity contribution in [3.8, 4) is 0 Å². The zero-order chi connectivity index (χ0) is 14.5. The molecule has 1 aromatic rings. The molecule has 1 saturated heterocycles. The topological polar surface area (TPSA) is 64.8 Å². The van der Waals surface area contributed by atoms with Gasteiger partial charge in [0.1, 0.15) is 0 Å². The van der Waals surface area contributed by atoms with E-state index in [4.69, 9.17) is 10.5 Å². The fourth-order valence-electron chi connectivity index (χ4n) is 2.50. The van der Waals surface area contributed by atoms with Crippen molar-refractivity contribution in [2.45, 2.75) is 25.4 Å². The van der Waals surface area contributed by atoms with E-state index in [9.17, 15) is 4.79 Å². The number of nitrogens with zero attached hydrogens (tertiary/aromatic N) is 1. The lowest BCUT2D eigenvalue weighted by molar-refractivity contribution is 0.0216. The number of carbonyl (C=O) groups excluding carboxylic acids is 1. The maximum atomic E-state index is 11.5. The minimum absolute atomic E-state index is 0.258. The number of hydrogen-bond donors (Lipinski definition) is 1. The SMILES string of the molecule is COC(=O)c1ccc(N(C)CC2CCCCO2)c(N)c1. The van der Waals surface area contributed by atoms with E-state index < -0.39 is 0 Å². The van der Waals surface area contributed by atoms with Gasteiger partial charge in [0.25, 0.3) is 0 Å². The van der Waals surface area contributed by atoms with Crippen LogP contribution in [0.25, 0.3) is 0 Å². The molecule has 5 heteroatoms. The van der Waals surface area contributed by atoms with Gasteiger partial charge in [-0.1, -0.05) is 0 Å². The van der Waals surface area contributed by atoms with Crippen molar-refractivity contribution in [3.05, 3.63) is 23.8 Å². The Morgan fingerprint density at radius 2 is 2.30 bits per heavy atom. The van der Waals surface area contributed by atoms with Crippen LogP contribution in [0.1, 0.15) is 29.6 Å². The molecular weight excluding hydrogens is 256 g/mol. The van der Waals surface area contributed by atoms with Crippen LogP contribution in [0, 0.1) is 0 Å². The Bertz CT molecular complexity index is 470. The van der Waals surface area contributed by atoms with E-state index in [-0.39, 0.29) is 12.1 Å². The summed E-state index contributed by atoms with van der Waals surface area (Å²) in [6.07, 6.45) is 3.71. The van der Waals surface area contributed by atoms with Gasteiger partial charge in [0, 0.05) is 20.2 Å². The molecule has 1 heterocycles. The smallest absolute Gasteiger partial charge is 0.337 e. The molecule has 0 bridgehead atoms. The first-order valence-electron chi connectivity index (χ1n) is 6.92. The molecule has 1 aliphatic rings. The molecular formula is C15H22N2O3. The maximum absolute atomic E-state index is 11.5. The van der Waals surface area contributed by atoms with Gasteiger partial charge in [-0.25, -0.2) is 4.79 Å². The zero-order valence-corrected chi connectivity index (χ0v) is 12.1. The molecule has 0 saturated carbocycles. The van der Waals surface area contributed by atoms with Crippen LogP contribution in [0.15, 0.2) is 18.2 Å². The number of hydrogen-bond acceptors (Lipinski definition) is 5. The Morgan fingerprint density at radius 1 is 1.50 bits per heavy atom. The number of carbonyl (C=O) groups is 1. The summed E-state index contributed by atoms with van der Waals surface area (Å²) in [5.74, 6) is -0.374. The van der Waals surface area contributed by atoms with Crippen molar-refractivity contribution in [2.24, 2.45) is 0 Å². The molecule has 0 radical (unpaired) electrons. The number of nitrogens with two attached hydrogens (primary N) is 1. The first kappa shape index (κ1) is 14.7. The Labute approximate surface area is 119 Å². The number of esters is 1. The van der Waals surface area contributed by atoms with Crippen molar-refractivity contribution in [1.82, 2.24) is 0 Å². The average Bonchev–Trinajstić information content (AvgIpc) is 2.47. The van der Waals surface area contributed by atoms with E-state index in [1.54, 1.807) is 12.1 Å². The molecule has 1 atom stereocenters. The molecule has 1 aliphatic heterocycles. The lowest BCUT2D eigenvalue weighted by Crippen LogP contribution is -2.33. The lowest BCUT2D eigenvalue weighted by atomic mass is 10.1.